The number of amidine groups is 1. The fraction of sp³-hybridized carbons (Fsp3) is 0.238. The van der Waals surface area contributed by atoms with Gasteiger partial charge in [0.15, 0.2) is 5.17 Å². The normalized spacial score (nSPS) is 17.2. The second-order valence-corrected chi connectivity index (χ2v) is 7.23. The summed E-state index contributed by atoms with van der Waals surface area (Å²) in [4.78, 5) is 20.0. The molecular weight excluding hydrogens is 360 g/mol. The van der Waals surface area contributed by atoms with Crippen molar-refractivity contribution in [2.45, 2.75) is 19.9 Å². The molecule has 1 aliphatic rings. The molecule has 1 fully saturated rings. The number of hydrogen-bond donors (Lipinski definition) is 0. The second-order valence-electron chi connectivity index (χ2n) is 6.22. The van der Waals surface area contributed by atoms with E-state index in [2.05, 4.69) is 4.99 Å². The Labute approximate surface area is 163 Å². The minimum atomic E-state index is -0.0532. The Morgan fingerprint density at radius 1 is 1.07 bits per heavy atom. The predicted octanol–water partition coefficient (Wildman–Crippen LogP) is 4.72. The van der Waals surface area contributed by atoms with Crippen molar-refractivity contribution in [2.75, 3.05) is 14.2 Å². The number of benzene rings is 2. The highest BCUT2D eigenvalue weighted by Gasteiger charge is 2.35. The van der Waals surface area contributed by atoms with Gasteiger partial charge >= 0.3 is 0 Å². The smallest absolute Gasteiger partial charge is 0.266 e. The highest BCUT2D eigenvalue weighted by Crippen LogP contribution is 2.37. The van der Waals surface area contributed by atoms with Gasteiger partial charge in [-0.3, -0.25) is 9.69 Å². The van der Waals surface area contributed by atoms with E-state index in [9.17, 15) is 4.79 Å². The molecule has 0 unspecified atom stereocenters. The number of ether oxygens (including phenoxy) is 2. The van der Waals surface area contributed by atoms with Crippen molar-refractivity contribution in [3.05, 3.63) is 59.0 Å². The third-order valence-corrected chi connectivity index (χ3v) is 5.04. The largest absolute Gasteiger partial charge is 0.497 e. The lowest BCUT2D eigenvalue weighted by molar-refractivity contribution is -0.123. The lowest BCUT2D eigenvalue weighted by atomic mass is 10.1. The van der Waals surface area contributed by atoms with Crippen LogP contribution in [0, 0.1) is 0 Å². The summed E-state index contributed by atoms with van der Waals surface area (Å²) in [5.74, 6) is 1.30. The van der Waals surface area contributed by atoms with Crippen LogP contribution >= 0.6 is 11.8 Å². The van der Waals surface area contributed by atoms with Gasteiger partial charge in [0.05, 0.1) is 24.8 Å². The third kappa shape index (κ3) is 4.17. The van der Waals surface area contributed by atoms with Crippen molar-refractivity contribution in [2.24, 2.45) is 4.99 Å². The molecule has 140 valence electrons. The van der Waals surface area contributed by atoms with E-state index in [-0.39, 0.29) is 11.9 Å². The highest BCUT2D eigenvalue weighted by molar-refractivity contribution is 8.18. The monoisotopic (exact) mass is 382 g/mol. The molecule has 0 spiro atoms. The van der Waals surface area contributed by atoms with Crippen LogP contribution in [0.3, 0.4) is 0 Å². The maximum Gasteiger partial charge on any atom is 0.266 e. The van der Waals surface area contributed by atoms with E-state index < -0.39 is 0 Å². The van der Waals surface area contributed by atoms with Gasteiger partial charge in [0.25, 0.3) is 5.91 Å². The fourth-order valence-electron chi connectivity index (χ4n) is 2.71. The molecule has 1 amide bonds. The zero-order chi connectivity index (χ0) is 19.4. The lowest BCUT2D eigenvalue weighted by Crippen LogP contribution is -2.35. The molecule has 3 rings (SSSR count). The van der Waals surface area contributed by atoms with Gasteiger partial charge in [-0.1, -0.05) is 18.2 Å². The van der Waals surface area contributed by atoms with E-state index in [0.717, 1.165) is 11.3 Å². The molecule has 0 radical (unpaired) electrons. The number of methoxy groups -OCH3 is 2. The van der Waals surface area contributed by atoms with Gasteiger partial charge in [-0.15, -0.1) is 0 Å². The first-order valence-corrected chi connectivity index (χ1v) is 9.44. The summed E-state index contributed by atoms with van der Waals surface area (Å²) in [5, 5.41) is 0.680. The van der Waals surface area contributed by atoms with Crippen molar-refractivity contribution in [1.82, 2.24) is 4.90 Å². The van der Waals surface area contributed by atoms with Crippen molar-refractivity contribution in [3.8, 4) is 11.5 Å². The average Bonchev–Trinajstić information content (AvgIpc) is 2.98. The van der Waals surface area contributed by atoms with E-state index >= 15 is 0 Å². The van der Waals surface area contributed by atoms with Crippen LogP contribution in [0.1, 0.15) is 19.4 Å². The molecule has 27 heavy (non-hydrogen) atoms. The number of carbonyl (C=O) groups is 1. The summed E-state index contributed by atoms with van der Waals surface area (Å²) in [7, 11) is 3.21. The summed E-state index contributed by atoms with van der Waals surface area (Å²) in [5.41, 5.74) is 1.64. The first-order valence-electron chi connectivity index (χ1n) is 8.62. The predicted molar refractivity (Wildman–Crippen MR) is 111 cm³/mol. The Morgan fingerprint density at radius 3 is 2.44 bits per heavy atom. The summed E-state index contributed by atoms with van der Waals surface area (Å²) in [6.07, 6.45) is 1.84. The number of hydrogen-bond acceptors (Lipinski definition) is 5. The third-order valence-electron chi connectivity index (χ3n) is 4.06. The molecule has 0 saturated carbocycles. The van der Waals surface area contributed by atoms with Crippen LogP contribution in [-0.2, 0) is 4.79 Å². The molecule has 1 aliphatic heterocycles. The quantitative estimate of drug-likeness (QED) is 0.703. The van der Waals surface area contributed by atoms with Gasteiger partial charge in [-0.05, 0) is 56.0 Å². The number of rotatable bonds is 5. The molecular formula is C21H22N2O3S. The maximum absolute atomic E-state index is 13.0. The Bertz CT molecular complexity index is 892. The topological polar surface area (TPSA) is 51.1 Å². The first kappa shape index (κ1) is 19.0. The number of aliphatic imine (C=N–C) groups is 1. The van der Waals surface area contributed by atoms with E-state index in [0.29, 0.717) is 21.6 Å². The SMILES string of the molecule is COc1ccc(/C=C2/SC(=Nc3ccccc3)N(C(C)C)C2=O)c(OC)c1. The molecule has 0 aromatic heterocycles. The summed E-state index contributed by atoms with van der Waals surface area (Å²) in [6, 6.07) is 15.2. The van der Waals surface area contributed by atoms with Gasteiger partial charge in [0.1, 0.15) is 11.5 Å². The van der Waals surface area contributed by atoms with Crippen LogP contribution in [0.2, 0.25) is 0 Å². The highest BCUT2D eigenvalue weighted by atomic mass is 32.2. The van der Waals surface area contributed by atoms with Crippen LogP contribution in [-0.4, -0.2) is 36.2 Å². The molecule has 6 heteroatoms. The Kier molecular flexibility index (Phi) is 5.86. The van der Waals surface area contributed by atoms with Gasteiger partial charge in [-0.2, -0.15) is 0 Å². The van der Waals surface area contributed by atoms with Crippen LogP contribution in [0.4, 0.5) is 5.69 Å². The number of amides is 1. The molecule has 0 N–H and O–H groups in total. The molecule has 2 aromatic carbocycles. The van der Waals surface area contributed by atoms with Crippen LogP contribution in [0.5, 0.6) is 11.5 Å². The molecule has 0 bridgehead atoms. The van der Waals surface area contributed by atoms with Crippen LogP contribution < -0.4 is 9.47 Å². The Morgan fingerprint density at radius 2 is 1.81 bits per heavy atom. The van der Waals surface area contributed by atoms with E-state index in [4.69, 9.17) is 9.47 Å². The van der Waals surface area contributed by atoms with Gasteiger partial charge < -0.3 is 9.47 Å². The van der Waals surface area contributed by atoms with Crippen molar-refractivity contribution >= 4 is 34.6 Å². The van der Waals surface area contributed by atoms with Crippen molar-refractivity contribution in [3.63, 3.8) is 0 Å². The summed E-state index contributed by atoms with van der Waals surface area (Å²) >= 11 is 1.37. The lowest BCUT2D eigenvalue weighted by Gasteiger charge is -2.19. The van der Waals surface area contributed by atoms with Gasteiger partial charge in [0.2, 0.25) is 0 Å². The minimum Gasteiger partial charge on any atom is -0.497 e. The Hall–Kier alpha value is -2.73. The summed E-state index contributed by atoms with van der Waals surface area (Å²) < 4.78 is 10.7. The van der Waals surface area contributed by atoms with Crippen LogP contribution in [0.25, 0.3) is 6.08 Å². The van der Waals surface area contributed by atoms with Crippen LogP contribution in [0.15, 0.2) is 58.4 Å². The average molecular weight is 382 g/mol. The Balaban J connectivity index is 1.99. The molecule has 2 aromatic rings. The van der Waals surface area contributed by atoms with E-state index in [1.54, 1.807) is 25.2 Å². The van der Waals surface area contributed by atoms with Gasteiger partial charge in [0, 0.05) is 17.7 Å². The van der Waals surface area contributed by atoms with Crippen molar-refractivity contribution in [1.29, 1.82) is 0 Å². The number of thioether (sulfide) groups is 1. The first-order chi connectivity index (χ1) is 13.0. The number of nitrogens with zero attached hydrogens (tertiary/aromatic N) is 2. The molecule has 1 heterocycles. The minimum absolute atomic E-state index is 0.0103. The molecule has 0 atom stereocenters. The fourth-order valence-corrected chi connectivity index (χ4v) is 3.82. The molecule has 1 saturated heterocycles. The zero-order valence-electron chi connectivity index (χ0n) is 15.8. The van der Waals surface area contributed by atoms with Crippen molar-refractivity contribution < 1.29 is 14.3 Å². The standard InChI is InChI=1S/C21H22N2O3S/c1-14(2)23-20(24)19(27-21(23)22-16-8-6-5-7-9-16)12-15-10-11-17(25-3)13-18(15)26-4/h5-14H,1-4H3/b19-12+,22-21?. The number of carbonyl (C=O) groups excluding carboxylic acids is 1. The number of para-hydroxylation sites is 1. The van der Waals surface area contributed by atoms with Gasteiger partial charge in [-0.25, -0.2) is 4.99 Å². The zero-order valence-corrected chi connectivity index (χ0v) is 16.6. The maximum atomic E-state index is 13.0. The van der Waals surface area contributed by atoms with E-state index in [1.807, 2.05) is 62.4 Å². The van der Waals surface area contributed by atoms with E-state index in [1.165, 1.54) is 11.8 Å². The molecule has 5 nitrogen and oxygen atoms in total. The summed E-state index contributed by atoms with van der Waals surface area (Å²) in [6.45, 7) is 3.96. The molecule has 0 aliphatic carbocycles. The second kappa shape index (κ2) is 8.31.